The Labute approximate surface area is 387 Å². The van der Waals surface area contributed by atoms with Gasteiger partial charge in [-0.15, -0.1) is 0 Å². The Morgan fingerprint density at radius 2 is 1.26 bits per heavy atom. The van der Waals surface area contributed by atoms with Crippen LogP contribution < -0.4 is 30.9 Å². The number of rotatable bonds is 10. The molecule has 0 atom stereocenters. The average Bonchev–Trinajstić information content (AvgIpc) is 3.30. The van der Waals surface area contributed by atoms with E-state index in [0.717, 1.165) is 17.1 Å². The van der Waals surface area contributed by atoms with Gasteiger partial charge in [-0.05, 0) is 83.8 Å². The predicted octanol–water partition coefficient (Wildman–Crippen LogP) is 6.67. The molecule has 2 amide bonds. The van der Waals surface area contributed by atoms with E-state index in [1.165, 1.54) is 54.6 Å². The van der Waals surface area contributed by atoms with E-state index in [1.54, 1.807) is 6.07 Å². The summed E-state index contributed by atoms with van der Waals surface area (Å²) in [6, 6.07) is 25.9. The first-order chi connectivity index (χ1) is 32.0. The van der Waals surface area contributed by atoms with E-state index in [2.05, 4.69) is 22.5 Å². The Morgan fingerprint density at radius 3 is 1.91 bits per heavy atom. The molecule has 0 bridgehead atoms. The highest BCUT2D eigenvalue weighted by Crippen LogP contribution is 2.45. The van der Waals surface area contributed by atoms with Crippen molar-refractivity contribution in [3.05, 3.63) is 147 Å². The van der Waals surface area contributed by atoms with Crippen molar-refractivity contribution < 1.29 is 53.2 Å². The predicted molar refractivity (Wildman–Crippen MR) is 255 cm³/mol. The lowest BCUT2D eigenvalue weighted by Gasteiger charge is -2.19. The van der Waals surface area contributed by atoms with E-state index < -0.39 is 35.2 Å². The molecule has 2 heterocycles. The van der Waals surface area contributed by atoms with E-state index in [0.29, 0.717) is 39.0 Å². The fraction of sp³-hybridized carbons (Fsp3) is 0.135. The molecule has 4 aromatic carbocycles. The third kappa shape index (κ3) is 8.91. The van der Waals surface area contributed by atoms with Crippen molar-refractivity contribution in [3.8, 4) is 62.5 Å². The Morgan fingerprint density at radius 1 is 0.662 bits per heavy atom. The number of aromatic hydroxyl groups is 1. The molecule has 0 spiro atoms. The Balaban J connectivity index is 0.00000684. The molecular weight excluding hydrogens is 873 g/mol. The zero-order chi connectivity index (χ0) is 47.8. The summed E-state index contributed by atoms with van der Waals surface area (Å²) in [6.07, 6.45) is 0. The van der Waals surface area contributed by atoms with Crippen molar-refractivity contribution in [1.82, 2.24) is 15.2 Å². The number of benzene rings is 6. The molecule has 16 heteroatoms. The number of aromatic carboxylic acids is 3. The largest absolute Gasteiger partial charge is 0.507 e. The molecular formula is C52H43N4O12+. The molecule has 2 aliphatic heterocycles. The van der Waals surface area contributed by atoms with E-state index in [9.17, 15) is 49.2 Å². The molecule has 8 rings (SSSR count). The van der Waals surface area contributed by atoms with Crippen LogP contribution in [-0.4, -0.2) is 84.9 Å². The molecule has 68 heavy (non-hydrogen) atoms. The van der Waals surface area contributed by atoms with Gasteiger partial charge in [-0.25, -0.2) is 19.0 Å². The maximum atomic E-state index is 13.3. The SMILES string of the molecule is C.CN(C)c1ccc2c(-c3ccc(C(=O)NCC#CC(=O)NCc4c(O)ccc5c(-c6ccc(C(=O)O)cc6C(=O)O)c6ccc(=O)cc-6oc45)cc3C(=O)O)c3ccc(=[N+](C)C)cc-3oc2c1. The summed E-state index contributed by atoms with van der Waals surface area (Å²) in [5, 5.41) is 48.0. The molecule has 4 aliphatic rings. The molecule has 342 valence electrons. The minimum atomic E-state index is -1.41. The van der Waals surface area contributed by atoms with Crippen LogP contribution in [0.15, 0.2) is 117 Å². The number of hydrogen-bond acceptors (Lipinski definition) is 10. The summed E-state index contributed by atoms with van der Waals surface area (Å²) in [7, 11) is 7.61. The third-order valence-electron chi connectivity index (χ3n) is 11.2. The number of anilines is 1. The van der Waals surface area contributed by atoms with Gasteiger partial charge in [-0.1, -0.05) is 25.5 Å². The Kier molecular flexibility index (Phi) is 12.9. The number of carboxylic acids is 3. The monoisotopic (exact) mass is 915 g/mol. The summed E-state index contributed by atoms with van der Waals surface area (Å²) in [5.41, 5.74) is 2.70. The highest BCUT2D eigenvalue weighted by atomic mass is 16.4. The summed E-state index contributed by atoms with van der Waals surface area (Å²) in [5.74, 6) is -0.298. The van der Waals surface area contributed by atoms with E-state index in [4.69, 9.17) is 8.83 Å². The van der Waals surface area contributed by atoms with Crippen LogP contribution in [0.1, 0.15) is 54.4 Å². The highest BCUT2D eigenvalue weighted by Gasteiger charge is 2.26. The molecule has 0 unspecified atom stereocenters. The molecule has 6 N–H and O–H groups in total. The van der Waals surface area contributed by atoms with Crippen LogP contribution in [0, 0.1) is 11.8 Å². The minimum absolute atomic E-state index is 0. The molecule has 0 aromatic heterocycles. The van der Waals surface area contributed by atoms with Crippen LogP contribution in [0.5, 0.6) is 5.75 Å². The Bertz CT molecular complexity index is 3550. The number of nitrogens with zero attached hydrogens (tertiary/aromatic N) is 2. The zero-order valence-corrected chi connectivity index (χ0v) is 36.2. The van der Waals surface area contributed by atoms with Crippen LogP contribution in [0.25, 0.3) is 66.8 Å². The lowest BCUT2D eigenvalue weighted by molar-refractivity contribution is -0.115. The van der Waals surface area contributed by atoms with Crippen LogP contribution in [0.3, 0.4) is 0 Å². The molecule has 2 aliphatic carbocycles. The van der Waals surface area contributed by atoms with Gasteiger partial charge in [0.25, 0.3) is 11.8 Å². The quantitative estimate of drug-likeness (QED) is 0.0478. The fourth-order valence-corrected chi connectivity index (χ4v) is 7.87. The number of carbonyl (C=O) groups is 5. The number of fused-ring (bicyclic) bond motifs is 4. The lowest BCUT2D eigenvalue weighted by atomic mass is 9.89. The van der Waals surface area contributed by atoms with Gasteiger partial charge in [-0.3, -0.25) is 14.4 Å². The molecule has 4 aromatic rings. The van der Waals surface area contributed by atoms with Crippen LogP contribution in [-0.2, 0) is 11.3 Å². The second-order valence-corrected chi connectivity index (χ2v) is 15.8. The second-order valence-electron chi connectivity index (χ2n) is 15.8. The number of amides is 2. The van der Waals surface area contributed by atoms with E-state index in [-0.39, 0.29) is 81.9 Å². The number of carboxylic acid groups (broad SMARTS) is 3. The topological polar surface area (TPSA) is 240 Å². The highest BCUT2D eigenvalue weighted by molar-refractivity contribution is 6.11. The Hall–Kier alpha value is -9.23. The van der Waals surface area contributed by atoms with Crippen molar-refractivity contribution in [2.45, 2.75) is 14.0 Å². The van der Waals surface area contributed by atoms with Crippen molar-refractivity contribution in [1.29, 1.82) is 0 Å². The van der Waals surface area contributed by atoms with Crippen LogP contribution in [0.2, 0.25) is 0 Å². The zero-order valence-electron chi connectivity index (χ0n) is 36.2. The summed E-state index contributed by atoms with van der Waals surface area (Å²) >= 11 is 0. The third-order valence-corrected chi connectivity index (χ3v) is 11.2. The van der Waals surface area contributed by atoms with Gasteiger partial charge >= 0.3 is 17.9 Å². The molecule has 0 saturated carbocycles. The smallest absolute Gasteiger partial charge is 0.336 e. The second kappa shape index (κ2) is 18.7. The molecule has 16 nitrogen and oxygen atoms in total. The molecule has 0 saturated heterocycles. The normalized spacial score (nSPS) is 10.8. The summed E-state index contributed by atoms with van der Waals surface area (Å²) < 4.78 is 14.4. The molecule has 0 radical (unpaired) electrons. The minimum Gasteiger partial charge on any atom is -0.507 e. The van der Waals surface area contributed by atoms with Gasteiger partial charge in [0.2, 0.25) is 5.36 Å². The van der Waals surface area contributed by atoms with Gasteiger partial charge in [0.15, 0.2) is 5.43 Å². The van der Waals surface area contributed by atoms with Crippen molar-refractivity contribution in [2.24, 2.45) is 0 Å². The average molecular weight is 916 g/mol. The first-order valence-corrected chi connectivity index (χ1v) is 20.4. The van der Waals surface area contributed by atoms with Crippen LogP contribution in [0.4, 0.5) is 5.69 Å². The number of phenols is 1. The van der Waals surface area contributed by atoms with Crippen molar-refractivity contribution in [3.63, 3.8) is 0 Å². The van der Waals surface area contributed by atoms with E-state index in [1.807, 2.05) is 74.1 Å². The number of nitrogens with one attached hydrogen (secondary N) is 2. The maximum absolute atomic E-state index is 13.3. The van der Waals surface area contributed by atoms with E-state index >= 15 is 0 Å². The van der Waals surface area contributed by atoms with Gasteiger partial charge in [0, 0.05) is 76.6 Å². The summed E-state index contributed by atoms with van der Waals surface area (Å²) in [6.45, 7) is -0.654. The summed E-state index contributed by atoms with van der Waals surface area (Å²) in [4.78, 5) is 77.6. The van der Waals surface area contributed by atoms with Gasteiger partial charge < -0.3 is 44.8 Å². The van der Waals surface area contributed by atoms with Crippen LogP contribution >= 0.6 is 0 Å². The fourth-order valence-electron chi connectivity index (χ4n) is 7.87. The van der Waals surface area contributed by atoms with Gasteiger partial charge in [-0.2, -0.15) is 0 Å². The number of phenolic OH excluding ortho intramolecular Hbond substituents is 1. The lowest BCUT2D eigenvalue weighted by Crippen LogP contribution is -2.25. The first kappa shape index (κ1) is 46.8. The maximum Gasteiger partial charge on any atom is 0.336 e. The standard InChI is InChI=1S/C51H38N4O12.CH4/c1-54(2)28-9-14-33-41(22-28)66-42-23-29(55(3)4)10-15-34(42)45(33)31-12-7-26(20-37(31)50(62)63)48(59)52-19-5-6-44(58)53-25-39-40(57)18-17-36-46(35-16-11-30(56)24-43(35)67-47(36)39)32-13-8-27(49(60)61)21-38(32)51(64)65;/h7-18,20-24H,19,25H2,1-4H3,(H5-,52,53,56,57,58,59,60,61,62,63,64,65);1H4/p+1. The van der Waals surface area contributed by atoms with Gasteiger partial charge in [0.05, 0.1) is 41.4 Å². The van der Waals surface area contributed by atoms with Crippen molar-refractivity contribution >= 4 is 57.3 Å². The van der Waals surface area contributed by atoms with Gasteiger partial charge in [0.1, 0.15) is 42.5 Å². The first-order valence-electron chi connectivity index (χ1n) is 20.4. The van der Waals surface area contributed by atoms with Crippen molar-refractivity contribution in [2.75, 3.05) is 39.6 Å². The molecule has 0 fully saturated rings. The number of carbonyl (C=O) groups excluding carboxylic acids is 2. The number of hydrogen-bond donors (Lipinski definition) is 6.